The largest absolute Gasteiger partial charge is 0.472 e. The van der Waals surface area contributed by atoms with Crippen molar-refractivity contribution in [3.63, 3.8) is 0 Å². The molecule has 0 saturated carbocycles. The first kappa shape index (κ1) is 16.5. The van der Waals surface area contributed by atoms with Gasteiger partial charge in [-0.05, 0) is 32.0 Å². The van der Waals surface area contributed by atoms with Crippen molar-refractivity contribution < 1.29 is 18.7 Å². The highest BCUT2D eigenvalue weighted by Gasteiger charge is 2.26. The molecule has 7 nitrogen and oxygen atoms in total. The van der Waals surface area contributed by atoms with Crippen LogP contribution in [0.25, 0.3) is 0 Å². The Kier molecular flexibility index (Phi) is 4.65. The summed E-state index contributed by atoms with van der Waals surface area (Å²) in [5, 5.41) is 5.82. The molecule has 25 heavy (non-hydrogen) atoms. The van der Waals surface area contributed by atoms with Crippen LogP contribution in [0.4, 0.5) is 11.4 Å². The number of carbonyl (C=O) groups is 2. The summed E-state index contributed by atoms with van der Waals surface area (Å²) in [6.07, 6.45) is 2.72. The minimum atomic E-state index is -0.563. The number of ether oxygens (including phenoxy) is 1. The van der Waals surface area contributed by atoms with Gasteiger partial charge in [-0.25, -0.2) is 9.79 Å². The molecule has 7 heteroatoms. The van der Waals surface area contributed by atoms with Gasteiger partial charge in [-0.2, -0.15) is 0 Å². The fraction of sp³-hybridized carbons (Fsp3) is 0.167. The summed E-state index contributed by atoms with van der Waals surface area (Å²) in [5.74, 6) is -0.868. The number of rotatable bonds is 3. The van der Waals surface area contributed by atoms with Gasteiger partial charge >= 0.3 is 5.97 Å². The lowest BCUT2D eigenvalue weighted by Crippen LogP contribution is -2.35. The maximum Gasteiger partial charge on any atom is 0.343 e. The first-order valence-corrected chi connectivity index (χ1v) is 7.76. The highest BCUT2D eigenvalue weighted by molar-refractivity contribution is 6.25. The van der Waals surface area contributed by atoms with Gasteiger partial charge in [-0.1, -0.05) is 12.1 Å². The van der Waals surface area contributed by atoms with E-state index in [1.54, 1.807) is 19.9 Å². The normalized spacial score (nSPS) is 13.3. The van der Waals surface area contributed by atoms with E-state index in [1.807, 2.05) is 18.2 Å². The number of hydrogen-bond acceptors (Lipinski definition) is 6. The molecule has 1 amide bonds. The average molecular weight is 339 g/mol. The number of anilines is 1. The van der Waals surface area contributed by atoms with Crippen molar-refractivity contribution in [3.8, 4) is 0 Å². The Bertz CT molecular complexity index is 866. The van der Waals surface area contributed by atoms with E-state index in [0.717, 1.165) is 5.69 Å². The van der Waals surface area contributed by atoms with Crippen LogP contribution in [0.5, 0.6) is 0 Å². The van der Waals surface area contributed by atoms with Crippen molar-refractivity contribution in [1.82, 2.24) is 5.32 Å². The van der Waals surface area contributed by atoms with E-state index >= 15 is 0 Å². The number of aliphatic imine (C=N–C) groups is 1. The molecule has 0 saturated heterocycles. The van der Waals surface area contributed by atoms with Crippen LogP contribution in [-0.2, 0) is 9.53 Å². The van der Waals surface area contributed by atoms with Crippen LogP contribution in [0, 0.1) is 0 Å². The third-order valence-corrected chi connectivity index (χ3v) is 3.57. The SMILES string of the molecule is CCOC(=O)C1=C(C)Nc2ccccc2N=C1NC(=O)c1ccoc1. The predicted octanol–water partition coefficient (Wildman–Crippen LogP) is 3.00. The smallest absolute Gasteiger partial charge is 0.343 e. The number of benzene rings is 1. The van der Waals surface area contributed by atoms with Crippen molar-refractivity contribution in [1.29, 1.82) is 0 Å². The minimum absolute atomic E-state index is 0.125. The van der Waals surface area contributed by atoms with Crippen LogP contribution in [-0.4, -0.2) is 24.3 Å². The summed E-state index contributed by atoms with van der Waals surface area (Å²) >= 11 is 0. The van der Waals surface area contributed by atoms with Crippen LogP contribution in [0.2, 0.25) is 0 Å². The van der Waals surface area contributed by atoms with E-state index in [0.29, 0.717) is 16.9 Å². The van der Waals surface area contributed by atoms with Gasteiger partial charge in [0.05, 0.1) is 29.8 Å². The molecule has 1 aliphatic rings. The zero-order chi connectivity index (χ0) is 17.8. The van der Waals surface area contributed by atoms with Crippen LogP contribution < -0.4 is 10.6 Å². The van der Waals surface area contributed by atoms with Crippen LogP contribution >= 0.6 is 0 Å². The second-order valence-electron chi connectivity index (χ2n) is 5.29. The molecule has 0 unspecified atom stereocenters. The van der Waals surface area contributed by atoms with Crippen LogP contribution in [0.15, 0.2) is 63.5 Å². The fourth-order valence-corrected chi connectivity index (χ4v) is 2.41. The Morgan fingerprint density at radius 1 is 1.28 bits per heavy atom. The second kappa shape index (κ2) is 7.04. The Hall–Kier alpha value is -3.35. The number of amidine groups is 1. The van der Waals surface area contributed by atoms with Crippen molar-refractivity contribution in [3.05, 3.63) is 59.7 Å². The molecule has 0 fully saturated rings. The van der Waals surface area contributed by atoms with Crippen molar-refractivity contribution in [2.24, 2.45) is 4.99 Å². The molecule has 128 valence electrons. The number of carbonyl (C=O) groups excluding carboxylic acids is 2. The number of allylic oxidation sites excluding steroid dienone is 1. The summed E-state index contributed by atoms with van der Waals surface area (Å²) in [6, 6.07) is 8.83. The van der Waals surface area contributed by atoms with Crippen molar-refractivity contribution in [2.45, 2.75) is 13.8 Å². The van der Waals surface area contributed by atoms with Gasteiger partial charge in [0.15, 0.2) is 0 Å². The van der Waals surface area contributed by atoms with E-state index in [9.17, 15) is 9.59 Å². The van der Waals surface area contributed by atoms with Gasteiger partial charge in [-0.3, -0.25) is 4.79 Å². The topological polar surface area (TPSA) is 92.9 Å². The highest BCUT2D eigenvalue weighted by Crippen LogP contribution is 2.30. The van der Waals surface area contributed by atoms with E-state index in [-0.39, 0.29) is 18.0 Å². The van der Waals surface area contributed by atoms with Crippen LogP contribution in [0.1, 0.15) is 24.2 Å². The van der Waals surface area contributed by atoms with Gasteiger partial charge in [0.2, 0.25) is 0 Å². The molecule has 2 aromatic rings. The summed E-state index contributed by atoms with van der Waals surface area (Å²) in [6.45, 7) is 3.66. The molecule has 1 aromatic carbocycles. The van der Waals surface area contributed by atoms with Crippen LogP contribution in [0.3, 0.4) is 0 Å². The van der Waals surface area contributed by atoms with E-state index < -0.39 is 11.9 Å². The monoisotopic (exact) mass is 339 g/mol. The number of esters is 1. The number of para-hydroxylation sites is 2. The lowest BCUT2D eigenvalue weighted by molar-refractivity contribution is -0.137. The highest BCUT2D eigenvalue weighted by atomic mass is 16.5. The number of nitrogens with zero attached hydrogens (tertiary/aromatic N) is 1. The lowest BCUT2D eigenvalue weighted by atomic mass is 10.1. The Morgan fingerprint density at radius 3 is 2.80 bits per heavy atom. The Morgan fingerprint density at radius 2 is 2.08 bits per heavy atom. The van der Waals surface area contributed by atoms with Crippen molar-refractivity contribution >= 4 is 29.1 Å². The molecule has 0 radical (unpaired) electrons. The number of hydrogen-bond donors (Lipinski definition) is 2. The number of fused-ring (bicyclic) bond motifs is 1. The maximum atomic E-state index is 12.4. The Labute approximate surface area is 144 Å². The Balaban J connectivity index is 2.04. The molecule has 0 aliphatic carbocycles. The molecule has 3 rings (SSSR count). The lowest BCUT2D eigenvalue weighted by Gasteiger charge is -2.12. The molecular weight excluding hydrogens is 322 g/mol. The van der Waals surface area contributed by atoms with Gasteiger partial charge in [0.25, 0.3) is 5.91 Å². The van der Waals surface area contributed by atoms with Gasteiger partial charge < -0.3 is 19.8 Å². The van der Waals surface area contributed by atoms with Gasteiger partial charge in [-0.15, -0.1) is 0 Å². The average Bonchev–Trinajstić information content (AvgIpc) is 3.07. The molecule has 0 spiro atoms. The second-order valence-corrected chi connectivity index (χ2v) is 5.29. The summed E-state index contributed by atoms with van der Waals surface area (Å²) < 4.78 is 10.0. The molecule has 1 aromatic heterocycles. The molecule has 0 bridgehead atoms. The van der Waals surface area contributed by atoms with Gasteiger partial charge in [0, 0.05) is 5.70 Å². The zero-order valence-corrected chi connectivity index (χ0v) is 13.8. The fourth-order valence-electron chi connectivity index (χ4n) is 2.41. The van der Waals surface area contributed by atoms with E-state index in [1.165, 1.54) is 18.6 Å². The summed E-state index contributed by atoms with van der Waals surface area (Å²) in [5.41, 5.74) is 2.37. The number of nitrogens with one attached hydrogen (secondary N) is 2. The molecule has 0 atom stereocenters. The molecule has 2 heterocycles. The van der Waals surface area contributed by atoms with E-state index in [4.69, 9.17) is 9.15 Å². The number of amides is 1. The summed E-state index contributed by atoms with van der Waals surface area (Å²) in [4.78, 5) is 29.3. The third kappa shape index (κ3) is 3.45. The van der Waals surface area contributed by atoms with Gasteiger partial charge in [0.1, 0.15) is 17.7 Å². The first-order valence-electron chi connectivity index (χ1n) is 7.76. The molecular formula is C18H17N3O4. The minimum Gasteiger partial charge on any atom is -0.472 e. The molecule has 1 aliphatic heterocycles. The van der Waals surface area contributed by atoms with Crippen molar-refractivity contribution in [2.75, 3.05) is 11.9 Å². The number of furan rings is 1. The zero-order valence-electron chi connectivity index (χ0n) is 13.8. The first-order chi connectivity index (χ1) is 12.1. The quantitative estimate of drug-likeness (QED) is 0.839. The van der Waals surface area contributed by atoms with E-state index in [2.05, 4.69) is 15.6 Å². The standard InChI is InChI=1S/C18H17N3O4/c1-3-25-18(23)15-11(2)19-13-6-4-5-7-14(13)20-16(15)21-17(22)12-8-9-24-10-12/h4-10,19H,3H2,1-2H3,(H,20,21,22). The third-order valence-electron chi connectivity index (χ3n) is 3.57. The maximum absolute atomic E-state index is 12.4. The molecule has 2 N–H and O–H groups in total. The summed E-state index contributed by atoms with van der Waals surface area (Å²) in [7, 11) is 0. The predicted molar refractivity (Wildman–Crippen MR) is 92.7 cm³/mol.